The van der Waals surface area contributed by atoms with E-state index in [2.05, 4.69) is 10.3 Å². The predicted molar refractivity (Wildman–Crippen MR) is 85.0 cm³/mol. The van der Waals surface area contributed by atoms with Gasteiger partial charge in [-0.25, -0.2) is 4.68 Å². The first-order valence-corrected chi connectivity index (χ1v) is 6.76. The van der Waals surface area contributed by atoms with Crippen LogP contribution in [0.25, 0.3) is 16.9 Å². The minimum atomic E-state index is -0.456. The van der Waals surface area contributed by atoms with Crippen molar-refractivity contribution in [3.63, 3.8) is 0 Å². The number of nitrogens with zero attached hydrogens (tertiary/aromatic N) is 4. The Morgan fingerprint density at radius 3 is 2.43 bits per heavy atom. The van der Waals surface area contributed by atoms with E-state index in [9.17, 15) is 10.1 Å². The van der Waals surface area contributed by atoms with E-state index in [1.54, 1.807) is 23.0 Å². The highest BCUT2D eigenvalue weighted by atomic mass is 16.6. The molecule has 0 aliphatic carbocycles. The summed E-state index contributed by atoms with van der Waals surface area (Å²) < 4.78 is 1.66. The SMILES string of the molecule is O=[N+]([O-])c1ccc(-c2nn(-c3ccccc3)cc2/C=N/O)cc1. The number of hydrogen-bond acceptors (Lipinski definition) is 5. The fourth-order valence-electron chi connectivity index (χ4n) is 2.22. The first-order valence-electron chi connectivity index (χ1n) is 6.76. The third-order valence-electron chi connectivity index (χ3n) is 3.31. The van der Waals surface area contributed by atoms with E-state index >= 15 is 0 Å². The summed E-state index contributed by atoms with van der Waals surface area (Å²) in [5.74, 6) is 0. The first-order chi connectivity index (χ1) is 11.2. The van der Waals surface area contributed by atoms with Crippen LogP contribution in [0, 0.1) is 10.1 Å². The summed E-state index contributed by atoms with van der Waals surface area (Å²) in [5, 5.41) is 27.1. The van der Waals surface area contributed by atoms with E-state index < -0.39 is 4.92 Å². The van der Waals surface area contributed by atoms with Gasteiger partial charge in [-0.05, 0) is 24.3 Å². The molecule has 7 heteroatoms. The molecule has 0 aliphatic rings. The summed E-state index contributed by atoms with van der Waals surface area (Å²) in [4.78, 5) is 10.3. The van der Waals surface area contributed by atoms with Crippen molar-refractivity contribution in [1.82, 2.24) is 9.78 Å². The van der Waals surface area contributed by atoms with Crippen molar-refractivity contribution in [3.05, 3.63) is 76.5 Å². The Labute approximate surface area is 131 Å². The minimum absolute atomic E-state index is 0.00798. The van der Waals surface area contributed by atoms with Crippen LogP contribution in [0.2, 0.25) is 0 Å². The molecule has 1 N–H and O–H groups in total. The number of oxime groups is 1. The molecule has 0 saturated heterocycles. The second-order valence-electron chi connectivity index (χ2n) is 4.76. The molecule has 7 nitrogen and oxygen atoms in total. The molecular formula is C16H12N4O3. The van der Waals surface area contributed by atoms with Crippen molar-refractivity contribution < 1.29 is 10.1 Å². The van der Waals surface area contributed by atoms with Gasteiger partial charge in [-0.1, -0.05) is 23.4 Å². The molecule has 1 aromatic heterocycles. The number of hydrogen-bond donors (Lipinski definition) is 1. The van der Waals surface area contributed by atoms with Crippen LogP contribution in [0.5, 0.6) is 0 Å². The molecule has 2 aromatic carbocycles. The molecule has 0 fully saturated rings. The van der Waals surface area contributed by atoms with Gasteiger partial charge >= 0.3 is 0 Å². The van der Waals surface area contributed by atoms with Gasteiger partial charge < -0.3 is 5.21 Å². The van der Waals surface area contributed by atoms with Gasteiger partial charge in [0.15, 0.2) is 0 Å². The van der Waals surface area contributed by atoms with Crippen LogP contribution in [-0.4, -0.2) is 26.1 Å². The molecule has 23 heavy (non-hydrogen) atoms. The lowest BCUT2D eigenvalue weighted by molar-refractivity contribution is -0.384. The predicted octanol–water partition coefficient (Wildman–Crippen LogP) is 3.26. The first kappa shape index (κ1) is 14.5. The third kappa shape index (κ3) is 2.93. The molecule has 0 atom stereocenters. The highest BCUT2D eigenvalue weighted by Gasteiger charge is 2.13. The van der Waals surface area contributed by atoms with E-state index in [-0.39, 0.29) is 5.69 Å². The number of rotatable bonds is 4. The van der Waals surface area contributed by atoms with E-state index in [1.165, 1.54) is 18.3 Å². The van der Waals surface area contributed by atoms with Crippen molar-refractivity contribution in [3.8, 4) is 16.9 Å². The van der Waals surface area contributed by atoms with Crippen LogP contribution < -0.4 is 0 Å². The van der Waals surface area contributed by atoms with Crippen LogP contribution in [0.1, 0.15) is 5.56 Å². The average molecular weight is 308 g/mol. The van der Waals surface area contributed by atoms with Gasteiger partial charge in [0.1, 0.15) is 5.69 Å². The lowest BCUT2D eigenvalue weighted by Gasteiger charge is -2.00. The number of benzene rings is 2. The lowest BCUT2D eigenvalue weighted by Crippen LogP contribution is -1.94. The summed E-state index contributed by atoms with van der Waals surface area (Å²) in [6, 6.07) is 15.5. The largest absolute Gasteiger partial charge is 0.411 e. The number of non-ortho nitro benzene ring substituents is 1. The van der Waals surface area contributed by atoms with Gasteiger partial charge in [-0.3, -0.25) is 10.1 Å². The highest BCUT2D eigenvalue weighted by molar-refractivity contribution is 5.88. The Balaban J connectivity index is 2.07. The molecule has 1 heterocycles. The van der Waals surface area contributed by atoms with Gasteiger partial charge in [-0.15, -0.1) is 0 Å². The van der Waals surface area contributed by atoms with E-state index in [4.69, 9.17) is 5.21 Å². The summed E-state index contributed by atoms with van der Waals surface area (Å²) >= 11 is 0. The maximum atomic E-state index is 10.7. The van der Waals surface area contributed by atoms with E-state index in [1.807, 2.05) is 30.3 Å². The van der Waals surface area contributed by atoms with Gasteiger partial charge in [0.25, 0.3) is 5.69 Å². The highest BCUT2D eigenvalue weighted by Crippen LogP contribution is 2.24. The molecule has 114 valence electrons. The fourth-order valence-corrected chi connectivity index (χ4v) is 2.22. The molecule has 0 radical (unpaired) electrons. The Bertz CT molecular complexity index is 855. The van der Waals surface area contributed by atoms with Crippen LogP contribution in [0.15, 0.2) is 65.9 Å². The third-order valence-corrected chi connectivity index (χ3v) is 3.31. The number of nitro benzene ring substituents is 1. The monoisotopic (exact) mass is 308 g/mol. The minimum Gasteiger partial charge on any atom is -0.411 e. The smallest absolute Gasteiger partial charge is 0.269 e. The Morgan fingerprint density at radius 2 is 1.83 bits per heavy atom. The summed E-state index contributed by atoms with van der Waals surface area (Å²) in [5.41, 5.74) is 2.73. The maximum Gasteiger partial charge on any atom is 0.269 e. The maximum absolute atomic E-state index is 10.7. The van der Waals surface area contributed by atoms with Crippen LogP contribution in [0.4, 0.5) is 5.69 Å². The fraction of sp³-hybridized carbons (Fsp3) is 0. The van der Waals surface area contributed by atoms with Crippen molar-refractivity contribution in [2.45, 2.75) is 0 Å². The topological polar surface area (TPSA) is 93.5 Å². The van der Waals surface area contributed by atoms with Gasteiger partial charge in [0.2, 0.25) is 0 Å². The molecule has 0 unspecified atom stereocenters. The zero-order valence-corrected chi connectivity index (χ0v) is 11.9. The summed E-state index contributed by atoms with van der Waals surface area (Å²) in [6.07, 6.45) is 3.01. The number of para-hydroxylation sites is 1. The van der Waals surface area contributed by atoms with Crippen LogP contribution in [-0.2, 0) is 0 Å². The lowest BCUT2D eigenvalue weighted by atomic mass is 10.1. The Kier molecular flexibility index (Phi) is 3.84. The molecular weight excluding hydrogens is 296 g/mol. The number of nitro groups is 1. The van der Waals surface area contributed by atoms with Gasteiger partial charge in [0.05, 0.1) is 16.8 Å². The average Bonchev–Trinajstić information content (AvgIpc) is 3.00. The van der Waals surface area contributed by atoms with Crippen molar-refractivity contribution in [2.75, 3.05) is 0 Å². The summed E-state index contributed by atoms with van der Waals surface area (Å²) in [7, 11) is 0. The van der Waals surface area contributed by atoms with Crippen LogP contribution >= 0.6 is 0 Å². The second-order valence-corrected chi connectivity index (χ2v) is 4.76. The Hall–Kier alpha value is -3.48. The molecule has 0 saturated carbocycles. The summed E-state index contributed by atoms with van der Waals surface area (Å²) in [6.45, 7) is 0. The molecule has 0 amide bonds. The quantitative estimate of drug-likeness (QED) is 0.346. The Morgan fingerprint density at radius 1 is 1.13 bits per heavy atom. The van der Waals surface area contributed by atoms with Gasteiger partial charge in [0, 0.05) is 29.5 Å². The molecule has 3 aromatic rings. The van der Waals surface area contributed by atoms with Crippen molar-refractivity contribution in [1.29, 1.82) is 0 Å². The second kappa shape index (κ2) is 6.10. The molecule has 0 spiro atoms. The zero-order valence-electron chi connectivity index (χ0n) is 11.9. The van der Waals surface area contributed by atoms with Crippen molar-refractivity contribution in [2.24, 2.45) is 5.16 Å². The van der Waals surface area contributed by atoms with E-state index in [0.717, 1.165) is 5.69 Å². The van der Waals surface area contributed by atoms with Gasteiger partial charge in [-0.2, -0.15) is 5.10 Å². The molecule has 3 rings (SSSR count). The normalized spacial score (nSPS) is 11.0. The van der Waals surface area contributed by atoms with E-state index in [0.29, 0.717) is 16.8 Å². The number of aromatic nitrogens is 2. The standard InChI is InChI=1S/C16H12N4O3/c21-17-10-13-11-19(14-4-2-1-3-5-14)18-16(13)12-6-8-15(9-7-12)20(22)23/h1-11,21H/b17-10+. The molecule has 0 bridgehead atoms. The zero-order chi connectivity index (χ0) is 16.2. The van der Waals surface area contributed by atoms with Crippen molar-refractivity contribution >= 4 is 11.9 Å². The molecule has 0 aliphatic heterocycles. The van der Waals surface area contributed by atoms with Crippen LogP contribution in [0.3, 0.4) is 0 Å².